The van der Waals surface area contributed by atoms with Gasteiger partial charge < -0.3 is 15.0 Å². The molecule has 2 amide bonds. The lowest BCUT2D eigenvalue weighted by atomic mass is 9.85. The highest BCUT2D eigenvalue weighted by molar-refractivity contribution is 6.27. The molecule has 194 valence electrons. The first-order valence-electron chi connectivity index (χ1n) is 13.6. The predicted molar refractivity (Wildman–Crippen MR) is 144 cm³/mol. The number of rotatable bonds is 10. The van der Waals surface area contributed by atoms with Crippen molar-refractivity contribution < 1.29 is 14.3 Å². The van der Waals surface area contributed by atoms with Crippen LogP contribution in [0, 0.1) is 0 Å². The number of nitrogens with one attached hydrogen (secondary N) is 1. The second kappa shape index (κ2) is 13.1. The summed E-state index contributed by atoms with van der Waals surface area (Å²) in [7, 11) is 0. The van der Waals surface area contributed by atoms with Gasteiger partial charge in [0.2, 0.25) is 11.8 Å². The van der Waals surface area contributed by atoms with Crippen LogP contribution in [0.5, 0.6) is 5.75 Å². The second-order valence-electron chi connectivity index (χ2n) is 10.1. The summed E-state index contributed by atoms with van der Waals surface area (Å²) in [6.07, 6.45) is 10.3. The van der Waals surface area contributed by atoms with Gasteiger partial charge in [0.1, 0.15) is 17.7 Å². The second-order valence-corrected chi connectivity index (χ2v) is 10.3. The van der Waals surface area contributed by atoms with Gasteiger partial charge in [0, 0.05) is 6.04 Å². The van der Waals surface area contributed by atoms with E-state index in [1.54, 1.807) is 4.90 Å². The fourth-order valence-electron chi connectivity index (χ4n) is 5.63. The van der Waals surface area contributed by atoms with E-state index in [-0.39, 0.29) is 29.8 Å². The molecule has 2 atom stereocenters. The monoisotopic (exact) mass is 510 g/mol. The fraction of sp³-hybridized carbons (Fsp3) is 0.533. The number of alkyl halides is 1. The Kier molecular flexibility index (Phi) is 9.68. The lowest BCUT2D eigenvalue weighted by Gasteiger charge is -2.41. The number of fused-ring (bicyclic) bond motifs is 1. The van der Waals surface area contributed by atoms with Crippen LogP contribution < -0.4 is 10.1 Å². The van der Waals surface area contributed by atoms with Crippen LogP contribution >= 0.6 is 11.6 Å². The van der Waals surface area contributed by atoms with Crippen LogP contribution in [0.25, 0.3) is 0 Å². The Balaban J connectivity index is 1.69. The highest BCUT2D eigenvalue weighted by Crippen LogP contribution is 2.40. The molecule has 0 unspecified atom stereocenters. The normalized spacial score (nSPS) is 18.7. The standard InChI is InChI=1S/C30H39ClN2O3/c1-2-3-20-36-25-18-16-23(17-19-25)29(30(35)32-24-12-5-4-6-13-24)33(28(34)21-31)27-15-9-11-22-10-7-8-14-26(22)27/h7-8,10,14,16-19,24,27,29H,2-6,9,11-13,15,20-21H2,1H3,(H,32,35)/t27-,29+/m1/s1. The molecule has 0 radical (unpaired) electrons. The van der Waals surface area contributed by atoms with Crippen LogP contribution in [-0.4, -0.2) is 35.2 Å². The highest BCUT2D eigenvalue weighted by atomic mass is 35.5. The Morgan fingerprint density at radius 1 is 1.03 bits per heavy atom. The number of hydrogen-bond acceptors (Lipinski definition) is 3. The van der Waals surface area contributed by atoms with E-state index in [0.717, 1.165) is 74.7 Å². The molecule has 0 saturated heterocycles. The van der Waals surface area contributed by atoms with Crippen molar-refractivity contribution in [3.63, 3.8) is 0 Å². The van der Waals surface area contributed by atoms with Gasteiger partial charge >= 0.3 is 0 Å². The number of aryl methyl sites for hydroxylation is 1. The molecule has 0 heterocycles. The summed E-state index contributed by atoms with van der Waals surface area (Å²) >= 11 is 6.17. The smallest absolute Gasteiger partial charge is 0.247 e. The molecule has 6 heteroatoms. The summed E-state index contributed by atoms with van der Waals surface area (Å²) in [4.78, 5) is 29.2. The van der Waals surface area contributed by atoms with Crippen LogP contribution in [0.2, 0.25) is 0 Å². The Labute approximate surface area is 220 Å². The first-order valence-corrected chi connectivity index (χ1v) is 14.1. The number of unbranched alkanes of at least 4 members (excludes halogenated alkanes) is 1. The zero-order chi connectivity index (χ0) is 25.3. The third-order valence-corrected chi connectivity index (χ3v) is 7.75. The SMILES string of the molecule is CCCCOc1ccc([C@@H](C(=O)NC2CCCCC2)N(C(=O)CCl)[C@@H]2CCCc3ccccc32)cc1. The highest BCUT2D eigenvalue weighted by Gasteiger charge is 2.39. The van der Waals surface area contributed by atoms with Gasteiger partial charge in [-0.1, -0.05) is 69.0 Å². The maximum atomic E-state index is 13.9. The average Bonchev–Trinajstić information content (AvgIpc) is 2.92. The van der Waals surface area contributed by atoms with Crippen molar-refractivity contribution >= 4 is 23.4 Å². The van der Waals surface area contributed by atoms with E-state index in [9.17, 15) is 9.59 Å². The molecular formula is C30H39ClN2O3. The minimum Gasteiger partial charge on any atom is -0.494 e. The van der Waals surface area contributed by atoms with E-state index in [4.69, 9.17) is 16.3 Å². The summed E-state index contributed by atoms with van der Waals surface area (Å²) in [6, 6.07) is 15.2. The van der Waals surface area contributed by atoms with Crippen molar-refractivity contribution in [1.82, 2.24) is 10.2 Å². The summed E-state index contributed by atoms with van der Waals surface area (Å²) in [5.41, 5.74) is 3.15. The lowest BCUT2D eigenvalue weighted by molar-refractivity contribution is -0.142. The molecule has 0 bridgehead atoms. The number of halogens is 1. The van der Waals surface area contributed by atoms with E-state index >= 15 is 0 Å². The third kappa shape index (κ3) is 6.42. The number of benzene rings is 2. The van der Waals surface area contributed by atoms with Crippen molar-refractivity contribution in [2.75, 3.05) is 12.5 Å². The predicted octanol–water partition coefficient (Wildman–Crippen LogP) is 6.50. The van der Waals surface area contributed by atoms with Crippen molar-refractivity contribution in [3.05, 3.63) is 65.2 Å². The molecule has 0 aliphatic heterocycles. The Morgan fingerprint density at radius 2 is 1.78 bits per heavy atom. The maximum Gasteiger partial charge on any atom is 0.247 e. The van der Waals surface area contributed by atoms with Gasteiger partial charge in [-0.3, -0.25) is 9.59 Å². The summed E-state index contributed by atoms with van der Waals surface area (Å²) in [5, 5.41) is 3.29. The van der Waals surface area contributed by atoms with Crippen molar-refractivity contribution in [2.24, 2.45) is 0 Å². The van der Waals surface area contributed by atoms with Gasteiger partial charge in [-0.05, 0) is 67.3 Å². The van der Waals surface area contributed by atoms with Gasteiger partial charge in [-0.2, -0.15) is 0 Å². The number of carbonyl (C=O) groups is 2. The molecule has 0 aromatic heterocycles. The molecule has 1 fully saturated rings. The number of carbonyl (C=O) groups excluding carboxylic acids is 2. The van der Waals surface area contributed by atoms with Crippen LogP contribution in [0.3, 0.4) is 0 Å². The van der Waals surface area contributed by atoms with Gasteiger partial charge in [0.05, 0.1) is 12.6 Å². The van der Waals surface area contributed by atoms with Gasteiger partial charge in [0.15, 0.2) is 0 Å². The molecule has 4 rings (SSSR count). The first-order chi connectivity index (χ1) is 17.6. The van der Waals surface area contributed by atoms with E-state index in [2.05, 4.69) is 24.4 Å². The van der Waals surface area contributed by atoms with Crippen molar-refractivity contribution in [1.29, 1.82) is 0 Å². The van der Waals surface area contributed by atoms with E-state index in [0.29, 0.717) is 6.61 Å². The summed E-state index contributed by atoms with van der Waals surface area (Å²) in [5.74, 6) is 0.273. The topological polar surface area (TPSA) is 58.6 Å². The number of nitrogens with zero attached hydrogens (tertiary/aromatic N) is 1. The largest absolute Gasteiger partial charge is 0.494 e. The minimum atomic E-state index is -0.751. The zero-order valence-corrected chi connectivity index (χ0v) is 22.1. The minimum absolute atomic E-state index is 0.122. The zero-order valence-electron chi connectivity index (χ0n) is 21.4. The van der Waals surface area contributed by atoms with Crippen molar-refractivity contribution in [2.45, 2.75) is 89.3 Å². The van der Waals surface area contributed by atoms with E-state index < -0.39 is 6.04 Å². The fourth-order valence-corrected chi connectivity index (χ4v) is 5.77. The quantitative estimate of drug-likeness (QED) is 0.293. The van der Waals surface area contributed by atoms with Crippen LogP contribution in [0.1, 0.15) is 93.5 Å². The Morgan fingerprint density at radius 3 is 2.50 bits per heavy atom. The van der Waals surface area contributed by atoms with E-state index in [1.165, 1.54) is 12.0 Å². The molecule has 2 aliphatic carbocycles. The lowest BCUT2D eigenvalue weighted by Crippen LogP contribution is -2.49. The third-order valence-electron chi connectivity index (χ3n) is 7.52. The van der Waals surface area contributed by atoms with Crippen LogP contribution in [0.15, 0.2) is 48.5 Å². The van der Waals surface area contributed by atoms with Crippen LogP contribution in [-0.2, 0) is 16.0 Å². The molecule has 5 nitrogen and oxygen atoms in total. The molecule has 2 aliphatic rings. The molecule has 1 saturated carbocycles. The Bertz CT molecular complexity index is 1000. The van der Waals surface area contributed by atoms with Crippen LogP contribution in [0.4, 0.5) is 0 Å². The van der Waals surface area contributed by atoms with Gasteiger partial charge in [0.25, 0.3) is 0 Å². The molecule has 36 heavy (non-hydrogen) atoms. The van der Waals surface area contributed by atoms with Gasteiger partial charge in [-0.15, -0.1) is 11.6 Å². The number of hydrogen-bond donors (Lipinski definition) is 1. The maximum absolute atomic E-state index is 13.9. The molecule has 0 spiro atoms. The molecule has 2 aromatic rings. The summed E-state index contributed by atoms with van der Waals surface area (Å²) in [6.45, 7) is 2.80. The summed E-state index contributed by atoms with van der Waals surface area (Å²) < 4.78 is 5.85. The van der Waals surface area contributed by atoms with Crippen molar-refractivity contribution in [3.8, 4) is 5.75 Å². The Hall–Kier alpha value is -2.53. The molecule has 2 aromatic carbocycles. The average molecular weight is 511 g/mol. The van der Waals surface area contributed by atoms with E-state index in [1.807, 2.05) is 36.4 Å². The number of ether oxygens (including phenoxy) is 1. The molecule has 1 N–H and O–H groups in total. The van der Waals surface area contributed by atoms with Gasteiger partial charge in [-0.25, -0.2) is 0 Å². The first kappa shape index (κ1) is 26.5. The number of amides is 2. The molecular weight excluding hydrogens is 472 g/mol.